The first kappa shape index (κ1) is 15.0. The van der Waals surface area contributed by atoms with Gasteiger partial charge in [-0.15, -0.1) is 12.4 Å². The van der Waals surface area contributed by atoms with E-state index in [4.69, 9.17) is 5.73 Å². The molecule has 0 amide bonds. The van der Waals surface area contributed by atoms with E-state index in [1.54, 1.807) is 0 Å². The van der Waals surface area contributed by atoms with E-state index in [-0.39, 0.29) is 12.4 Å². The number of hydrogen-bond donors (Lipinski definition) is 1. The van der Waals surface area contributed by atoms with Crippen LogP contribution in [-0.4, -0.2) is 24.0 Å². The van der Waals surface area contributed by atoms with Gasteiger partial charge in [-0.25, -0.2) is 0 Å². The third kappa shape index (κ3) is 4.25. The summed E-state index contributed by atoms with van der Waals surface area (Å²) in [6.07, 6.45) is 3.90. The second kappa shape index (κ2) is 7.37. The van der Waals surface area contributed by atoms with Gasteiger partial charge in [0.2, 0.25) is 0 Å². The summed E-state index contributed by atoms with van der Waals surface area (Å²) in [6.45, 7) is 3.02. The van der Waals surface area contributed by atoms with Gasteiger partial charge in [0.15, 0.2) is 0 Å². The topological polar surface area (TPSA) is 29.3 Å². The molecule has 96 valence electrons. The molecule has 2 N–H and O–H groups in total. The van der Waals surface area contributed by atoms with Gasteiger partial charge < -0.3 is 5.73 Å². The Hall–Kier alpha value is -0.0900. The minimum Gasteiger partial charge on any atom is -0.329 e. The Morgan fingerprint density at radius 3 is 2.59 bits per heavy atom. The van der Waals surface area contributed by atoms with Crippen molar-refractivity contribution in [2.24, 2.45) is 5.73 Å². The minimum absolute atomic E-state index is 0. The molecule has 1 fully saturated rings. The van der Waals surface area contributed by atoms with Crippen molar-refractivity contribution in [1.82, 2.24) is 4.90 Å². The first-order chi connectivity index (χ1) is 7.79. The second-order valence-corrected chi connectivity index (χ2v) is 5.40. The van der Waals surface area contributed by atoms with Crippen LogP contribution in [0.4, 0.5) is 0 Å². The molecule has 0 bridgehead atoms. The Kier molecular flexibility index (Phi) is 6.49. The van der Waals surface area contributed by atoms with Crippen molar-refractivity contribution in [2.75, 3.05) is 13.1 Å². The van der Waals surface area contributed by atoms with Gasteiger partial charge in [-0.05, 0) is 37.1 Å². The van der Waals surface area contributed by atoms with Crippen LogP contribution in [0.1, 0.15) is 24.8 Å². The van der Waals surface area contributed by atoms with Crippen LogP contribution in [0.15, 0.2) is 28.7 Å². The Bertz CT molecular complexity index is 329. The van der Waals surface area contributed by atoms with Gasteiger partial charge >= 0.3 is 0 Å². The smallest absolute Gasteiger partial charge is 0.0237 e. The fraction of sp³-hybridized carbons (Fsp3) is 0.538. The lowest BCUT2D eigenvalue weighted by molar-refractivity contribution is 0.145. The number of nitrogens with zero attached hydrogens (tertiary/aromatic N) is 1. The largest absolute Gasteiger partial charge is 0.329 e. The lowest BCUT2D eigenvalue weighted by atomic mass is 10.0. The molecule has 1 heterocycles. The minimum atomic E-state index is 0. The molecule has 2 rings (SSSR count). The number of hydrogen-bond acceptors (Lipinski definition) is 2. The van der Waals surface area contributed by atoms with Crippen LogP contribution >= 0.6 is 28.3 Å². The third-order valence-corrected chi connectivity index (χ3v) is 3.85. The van der Waals surface area contributed by atoms with Crippen molar-refractivity contribution in [1.29, 1.82) is 0 Å². The molecule has 1 aromatic rings. The van der Waals surface area contributed by atoms with Gasteiger partial charge in [-0.2, -0.15) is 0 Å². The van der Waals surface area contributed by atoms with Crippen LogP contribution in [0.25, 0.3) is 0 Å². The van der Waals surface area contributed by atoms with Crippen molar-refractivity contribution in [3.8, 4) is 0 Å². The molecule has 1 aliphatic heterocycles. The summed E-state index contributed by atoms with van der Waals surface area (Å²) in [5, 5.41) is 0. The Morgan fingerprint density at radius 2 is 1.94 bits per heavy atom. The molecule has 1 saturated heterocycles. The molecule has 1 aliphatic rings. The van der Waals surface area contributed by atoms with Crippen LogP contribution in [0.2, 0.25) is 0 Å². The number of halogens is 2. The third-order valence-electron chi connectivity index (χ3n) is 3.32. The van der Waals surface area contributed by atoms with Crippen LogP contribution < -0.4 is 5.73 Å². The lowest BCUT2D eigenvalue weighted by Crippen LogP contribution is -2.43. The van der Waals surface area contributed by atoms with Crippen LogP contribution in [0.5, 0.6) is 0 Å². The van der Waals surface area contributed by atoms with Crippen LogP contribution in [0, 0.1) is 0 Å². The molecule has 17 heavy (non-hydrogen) atoms. The quantitative estimate of drug-likeness (QED) is 0.927. The fourth-order valence-electron chi connectivity index (χ4n) is 2.36. The summed E-state index contributed by atoms with van der Waals surface area (Å²) in [5.74, 6) is 0. The van der Waals surface area contributed by atoms with Crippen molar-refractivity contribution in [3.63, 3.8) is 0 Å². The predicted octanol–water partition coefficient (Wildman–Crippen LogP) is 3.18. The monoisotopic (exact) mass is 318 g/mol. The number of likely N-dealkylation sites (tertiary alicyclic amines) is 1. The zero-order valence-corrected chi connectivity index (χ0v) is 12.3. The van der Waals surface area contributed by atoms with E-state index in [0.29, 0.717) is 6.04 Å². The molecule has 1 atom stereocenters. The number of benzene rings is 1. The average molecular weight is 320 g/mol. The van der Waals surface area contributed by atoms with Crippen molar-refractivity contribution in [2.45, 2.75) is 31.8 Å². The van der Waals surface area contributed by atoms with Gasteiger partial charge in [-0.3, -0.25) is 4.90 Å². The number of piperidine rings is 1. The van der Waals surface area contributed by atoms with Crippen molar-refractivity contribution < 1.29 is 0 Å². The maximum absolute atomic E-state index is 5.82. The second-order valence-electron chi connectivity index (χ2n) is 4.48. The Balaban J connectivity index is 0.00000144. The molecule has 4 heteroatoms. The summed E-state index contributed by atoms with van der Waals surface area (Å²) in [7, 11) is 0. The highest BCUT2D eigenvalue weighted by Crippen LogP contribution is 2.19. The van der Waals surface area contributed by atoms with Gasteiger partial charge in [0, 0.05) is 23.6 Å². The summed E-state index contributed by atoms with van der Waals surface area (Å²) < 4.78 is 1.14. The molecule has 0 saturated carbocycles. The zero-order valence-electron chi connectivity index (χ0n) is 9.94. The first-order valence-corrected chi connectivity index (χ1v) is 6.77. The molecule has 0 radical (unpaired) electrons. The number of rotatable bonds is 3. The van der Waals surface area contributed by atoms with Crippen LogP contribution in [0.3, 0.4) is 0 Å². The van der Waals surface area contributed by atoms with E-state index in [0.717, 1.165) is 17.6 Å². The maximum Gasteiger partial charge on any atom is 0.0237 e. The Morgan fingerprint density at radius 1 is 1.24 bits per heavy atom. The van der Waals surface area contributed by atoms with E-state index in [2.05, 4.69) is 45.1 Å². The van der Waals surface area contributed by atoms with E-state index in [9.17, 15) is 0 Å². The highest BCUT2D eigenvalue weighted by molar-refractivity contribution is 9.10. The summed E-state index contributed by atoms with van der Waals surface area (Å²) >= 11 is 3.46. The van der Waals surface area contributed by atoms with Crippen molar-refractivity contribution in [3.05, 3.63) is 34.3 Å². The standard InChI is InChI=1S/C13H19BrN2.ClH/c14-12-6-4-11(5-7-12)10-16-8-2-1-3-13(16)9-15;/h4-7,13H,1-3,8-10,15H2;1H. The summed E-state index contributed by atoms with van der Waals surface area (Å²) in [5.41, 5.74) is 7.20. The molecule has 1 aromatic carbocycles. The average Bonchev–Trinajstić information content (AvgIpc) is 2.33. The van der Waals surface area contributed by atoms with E-state index in [1.165, 1.54) is 31.4 Å². The zero-order chi connectivity index (χ0) is 11.4. The van der Waals surface area contributed by atoms with Gasteiger partial charge in [0.1, 0.15) is 0 Å². The molecule has 2 nitrogen and oxygen atoms in total. The van der Waals surface area contributed by atoms with Crippen molar-refractivity contribution >= 4 is 28.3 Å². The van der Waals surface area contributed by atoms with Gasteiger partial charge in [0.25, 0.3) is 0 Å². The van der Waals surface area contributed by atoms with E-state index >= 15 is 0 Å². The molecule has 0 aliphatic carbocycles. The predicted molar refractivity (Wildman–Crippen MR) is 78.5 cm³/mol. The van der Waals surface area contributed by atoms with Gasteiger partial charge in [0.05, 0.1) is 0 Å². The maximum atomic E-state index is 5.82. The van der Waals surface area contributed by atoms with E-state index in [1.807, 2.05) is 0 Å². The Labute approximate surface area is 118 Å². The molecule has 1 unspecified atom stereocenters. The summed E-state index contributed by atoms with van der Waals surface area (Å²) in [6, 6.07) is 9.17. The molecule has 0 spiro atoms. The first-order valence-electron chi connectivity index (χ1n) is 5.98. The fourth-order valence-corrected chi connectivity index (χ4v) is 2.62. The molecular formula is C13H20BrClN2. The van der Waals surface area contributed by atoms with Crippen LogP contribution in [-0.2, 0) is 6.54 Å². The SMILES string of the molecule is Cl.NCC1CCCCN1Cc1ccc(Br)cc1. The highest BCUT2D eigenvalue weighted by Gasteiger charge is 2.20. The highest BCUT2D eigenvalue weighted by atomic mass is 79.9. The number of nitrogens with two attached hydrogens (primary N) is 1. The lowest BCUT2D eigenvalue weighted by Gasteiger charge is -2.35. The molecular weight excluding hydrogens is 300 g/mol. The van der Waals surface area contributed by atoms with Gasteiger partial charge in [-0.1, -0.05) is 34.5 Å². The normalized spacial score (nSPS) is 20.9. The summed E-state index contributed by atoms with van der Waals surface area (Å²) in [4.78, 5) is 2.52. The van der Waals surface area contributed by atoms with E-state index < -0.39 is 0 Å². The molecule has 0 aromatic heterocycles.